The van der Waals surface area contributed by atoms with Crippen molar-refractivity contribution in [2.24, 2.45) is 5.92 Å². The number of hydrogen-bond donors (Lipinski definition) is 3. The van der Waals surface area contributed by atoms with Gasteiger partial charge in [0.05, 0.1) is 6.54 Å². The quantitative estimate of drug-likeness (QED) is 0.654. The maximum Gasteiger partial charge on any atom is 0.321 e. The fourth-order valence-electron chi connectivity index (χ4n) is 1.92. The molecular weight excluding hydrogens is 294 g/mol. The van der Waals surface area contributed by atoms with Crippen molar-refractivity contribution in [3.05, 3.63) is 0 Å². The van der Waals surface area contributed by atoms with Crippen LogP contribution in [0, 0.1) is 5.92 Å². The van der Waals surface area contributed by atoms with Gasteiger partial charge in [-0.25, -0.2) is 4.79 Å². The number of aliphatic carboxylic acids is 1. The molecule has 0 aromatic heterocycles. The van der Waals surface area contributed by atoms with E-state index in [1.807, 2.05) is 13.8 Å². The average molecular weight is 317 g/mol. The highest BCUT2D eigenvalue weighted by Gasteiger charge is 2.30. The van der Waals surface area contributed by atoms with E-state index < -0.39 is 23.9 Å². The predicted molar refractivity (Wildman–Crippen MR) is 81.3 cm³/mol. The summed E-state index contributed by atoms with van der Waals surface area (Å²) in [5.41, 5.74) is 0. The zero-order valence-electron chi connectivity index (χ0n) is 12.4. The number of nitrogens with zero attached hydrogens (tertiary/aromatic N) is 1. The lowest BCUT2D eigenvalue weighted by Crippen LogP contribution is -2.52. The maximum absolute atomic E-state index is 11.8. The van der Waals surface area contributed by atoms with Gasteiger partial charge in [-0.2, -0.15) is 11.8 Å². The van der Waals surface area contributed by atoms with Crippen LogP contribution in [0.5, 0.6) is 0 Å². The fraction of sp³-hybridized carbons (Fsp3) is 0.769. The summed E-state index contributed by atoms with van der Waals surface area (Å²) in [6.07, 6.45) is 0.839. The van der Waals surface area contributed by atoms with Crippen LogP contribution in [0.3, 0.4) is 0 Å². The van der Waals surface area contributed by atoms with Gasteiger partial charge in [-0.15, -0.1) is 0 Å². The number of carboxylic acids is 1. The normalized spacial score (nSPS) is 19.3. The number of nitrogens with one attached hydrogen (secondary N) is 2. The van der Waals surface area contributed by atoms with Crippen LogP contribution in [0.1, 0.15) is 20.3 Å². The lowest BCUT2D eigenvalue weighted by Gasteiger charge is -2.31. The van der Waals surface area contributed by atoms with Gasteiger partial charge in [0.2, 0.25) is 5.91 Å². The molecule has 1 atom stereocenters. The third-order valence-electron chi connectivity index (χ3n) is 3.13. The highest BCUT2D eigenvalue weighted by atomic mass is 32.2. The summed E-state index contributed by atoms with van der Waals surface area (Å²) in [5.74, 6) is 0.315. The Kier molecular flexibility index (Phi) is 7.52. The zero-order valence-corrected chi connectivity index (χ0v) is 13.2. The van der Waals surface area contributed by atoms with Crippen LogP contribution in [0.4, 0.5) is 4.79 Å². The lowest BCUT2D eigenvalue weighted by atomic mass is 10.1. The van der Waals surface area contributed by atoms with Gasteiger partial charge in [-0.05, 0) is 12.3 Å². The molecule has 0 spiro atoms. The van der Waals surface area contributed by atoms with Crippen molar-refractivity contribution in [3.63, 3.8) is 0 Å². The Balaban J connectivity index is 2.34. The topological polar surface area (TPSA) is 98.7 Å². The van der Waals surface area contributed by atoms with Crippen molar-refractivity contribution < 1.29 is 19.5 Å². The van der Waals surface area contributed by atoms with Gasteiger partial charge in [0.1, 0.15) is 6.04 Å². The Morgan fingerprint density at radius 1 is 1.38 bits per heavy atom. The van der Waals surface area contributed by atoms with E-state index in [0.717, 1.165) is 12.2 Å². The number of rotatable bonds is 6. The van der Waals surface area contributed by atoms with E-state index in [1.54, 1.807) is 16.7 Å². The summed E-state index contributed by atoms with van der Waals surface area (Å²) in [6.45, 7) is 5.06. The lowest BCUT2D eigenvalue weighted by molar-refractivity contribution is -0.142. The first-order valence-electron chi connectivity index (χ1n) is 7.02. The van der Waals surface area contributed by atoms with Crippen LogP contribution < -0.4 is 10.6 Å². The van der Waals surface area contributed by atoms with E-state index in [-0.39, 0.29) is 6.54 Å². The SMILES string of the molecule is CC(C)CCNC(=O)NC(=O)CN1CCSCC1C(=O)O. The highest BCUT2D eigenvalue weighted by Crippen LogP contribution is 2.16. The van der Waals surface area contributed by atoms with Gasteiger partial charge < -0.3 is 10.4 Å². The maximum atomic E-state index is 11.8. The number of thioether (sulfide) groups is 1. The molecular formula is C13H23N3O4S. The molecule has 0 aromatic carbocycles. The van der Waals surface area contributed by atoms with Gasteiger partial charge >= 0.3 is 12.0 Å². The Bertz CT molecular complexity index is 390. The summed E-state index contributed by atoms with van der Waals surface area (Å²) in [7, 11) is 0. The molecule has 8 heteroatoms. The predicted octanol–water partition coefficient (Wildman–Crippen LogP) is 0.360. The molecule has 0 radical (unpaired) electrons. The van der Waals surface area contributed by atoms with Crippen molar-refractivity contribution in [1.29, 1.82) is 0 Å². The summed E-state index contributed by atoms with van der Waals surface area (Å²) in [5, 5.41) is 13.9. The molecule has 1 aliphatic rings. The van der Waals surface area contributed by atoms with E-state index in [9.17, 15) is 14.4 Å². The molecule has 0 saturated carbocycles. The van der Waals surface area contributed by atoms with Crippen molar-refractivity contribution in [1.82, 2.24) is 15.5 Å². The van der Waals surface area contributed by atoms with Crippen LogP contribution in [0.2, 0.25) is 0 Å². The van der Waals surface area contributed by atoms with Crippen molar-refractivity contribution in [2.45, 2.75) is 26.3 Å². The Morgan fingerprint density at radius 2 is 2.10 bits per heavy atom. The standard InChI is InChI=1S/C13H23N3O4S/c1-9(2)3-4-14-13(20)15-11(17)7-16-5-6-21-8-10(16)12(18)19/h9-10H,3-8H2,1-2H3,(H,18,19)(H2,14,15,17,20). The Labute approximate surface area is 128 Å². The number of hydrogen-bond acceptors (Lipinski definition) is 5. The van der Waals surface area contributed by atoms with E-state index in [4.69, 9.17) is 5.11 Å². The minimum absolute atomic E-state index is 0.0743. The number of urea groups is 1. The minimum Gasteiger partial charge on any atom is -0.480 e. The van der Waals surface area contributed by atoms with E-state index in [1.165, 1.54) is 0 Å². The van der Waals surface area contributed by atoms with Gasteiger partial charge in [-0.3, -0.25) is 19.8 Å². The first-order chi connectivity index (χ1) is 9.90. The molecule has 1 saturated heterocycles. The number of carboxylic acid groups (broad SMARTS) is 1. The Morgan fingerprint density at radius 3 is 2.71 bits per heavy atom. The fourth-order valence-corrected chi connectivity index (χ4v) is 3.03. The van der Waals surface area contributed by atoms with Crippen LogP contribution in [-0.2, 0) is 9.59 Å². The number of amides is 3. The molecule has 3 N–H and O–H groups in total. The summed E-state index contributed by atoms with van der Waals surface area (Å²) >= 11 is 1.56. The number of imide groups is 1. The summed E-state index contributed by atoms with van der Waals surface area (Å²) < 4.78 is 0. The van der Waals surface area contributed by atoms with Crippen molar-refractivity contribution in [3.8, 4) is 0 Å². The molecule has 3 amide bonds. The van der Waals surface area contributed by atoms with E-state index >= 15 is 0 Å². The van der Waals surface area contributed by atoms with Crippen LogP contribution >= 0.6 is 11.8 Å². The van der Waals surface area contributed by atoms with E-state index in [0.29, 0.717) is 24.8 Å². The van der Waals surface area contributed by atoms with Gasteiger partial charge in [0.25, 0.3) is 0 Å². The van der Waals surface area contributed by atoms with Gasteiger partial charge in [0, 0.05) is 24.6 Å². The smallest absolute Gasteiger partial charge is 0.321 e. The van der Waals surface area contributed by atoms with Crippen molar-refractivity contribution >= 4 is 29.7 Å². The molecule has 1 fully saturated rings. The molecule has 0 bridgehead atoms. The third kappa shape index (κ3) is 6.81. The molecule has 1 heterocycles. The Hall–Kier alpha value is -1.28. The van der Waals surface area contributed by atoms with E-state index in [2.05, 4.69) is 10.6 Å². The average Bonchev–Trinajstić information content (AvgIpc) is 2.38. The molecule has 1 aliphatic heterocycles. The largest absolute Gasteiger partial charge is 0.480 e. The molecule has 1 rings (SSSR count). The van der Waals surface area contributed by atoms with Crippen LogP contribution in [0.25, 0.3) is 0 Å². The number of carbonyl (C=O) groups is 3. The third-order valence-corrected chi connectivity index (χ3v) is 4.15. The second-order valence-corrected chi connectivity index (χ2v) is 6.54. The molecule has 1 unspecified atom stereocenters. The molecule has 7 nitrogen and oxygen atoms in total. The summed E-state index contributed by atoms with van der Waals surface area (Å²) in [6, 6.07) is -1.20. The molecule has 0 aromatic rings. The monoisotopic (exact) mass is 317 g/mol. The second kappa shape index (κ2) is 8.89. The molecule has 120 valence electrons. The molecule has 0 aliphatic carbocycles. The van der Waals surface area contributed by atoms with Gasteiger partial charge in [0.15, 0.2) is 0 Å². The molecule has 21 heavy (non-hydrogen) atoms. The zero-order chi connectivity index (χ0) is 15.8. The van der Waals surface area contributed by atoms with Gasteiger partial charge in [-0.1, -0.05) is 13.8 Å². The minimum atomic E-state index is -0.934. The van der Waals surface area contributed by atoms with Crippen LogP contribution in [0.15, 0.2) is 0 Å². The van der Waals surface area contributed by atoms with Crippen molar-refractivity contribution in [2.75, 3.05) is 31.1 Å². The summed E-state index contributed by atoms with van der Waals surface area (Å²) in [4.78, 5) is 36.0. The second-order valence-electron chi connectivity index (χ2n) is 5.39. The highest BCUT2D eigenvalue weighted by molar-refractivity contribution is 7.99. The van der Waals surface area contributed by atoms with Crippen LogP contribution in [-0.4, -0.2) is 65.1 Å². The number of carbonyl (C=O) groups excluding carboxylic acids is 2. The first kappa shape index (κ1) is 17.8. The first-order valence-corrected chi connectivity index (χ1v) is 8.18.